The van der Waals surface area contributed by atoms with Crippen molar-refractivity contribution in [2.24, 2.45) is 0 Å². The van der Waals surface area contributed by atoms with Crippen LogP contribution in [-0.4, -0.2) is 29.3 Å². The summed E-state index contributed by atoms with van der Waals surface area (Å²) < 4.78 is 18.6. The van der Waals surface area contributed by atoms with Crippen LogP contribution in [0.4, 0.5) is 23.1 Å². The first-order valence-electron chi connectivity index (χ1n) is 11.6. The Morgan fingerprint density at radius 3 is 2.42 bits per heavy atom. The van der Waals surface area contributed by atoms with Crippen LogP contribution < -0.4 is 15.4 Å². The van der Waals surface area contributed by atoms with E-state index in [0.29, 0.717) is 11.8 Å². The van der Waals surface area contributed by atoms with E-state index in [4.69, 9.17) is 0 Å². The molecule has 8 nitrogen and oxygen atoms in total. The number of aromatic nitrogens is 4. The highest BCUT2D eigenvalue weighted by Gasteiger charge is 2.21. The summed E-state index contributed by atoms with van der Waals surface area (Å²) >= 11 is 2.02. The lowest BCUT2D eigenvalue weighted by molar-refractivity contribution is 0.519. The van der Waals surface area contributed by atoms with Gasteiger partial charge in [0.05, 0.1) is 0 Å². The van der Waals surface area contributed by atoms with Crippen LogP contribution in [0.2, 0.25) is 0 Å². The molecule has 0 saturated heterocycles. The van der Waals surface area contributed by atoms with Gasteiger partial charge in [0.2, 0.25) is 5.95 Å². The highest BCUT2D eigenvalue weighted by Crippen LogP contribution is 2.30. The van der Waals surface area contributed by atoms with Crippen molar-refractivity contribution in [2.75, 3.05) is 10.6 Å². The molecule has 36 heavy (non-hydrogen) atoms. The molecular formula is C26H32IN7OS. The van der Waals surface area contributed by atoms with Crippen molar-refractivity contribution in [1.29, 1.82) is 0 Å². The second kappa shape index (κ2) is 10.7. The van der Waals surface area contributed by atoms with E-state index < -0.39 is 7.29 Å². The van der Waals surface area contributed by atoms with Crippen LogP contribution in [0.15, 0.2) is 72.0 Å². The van der Waals surface area contributed by atoms with Gasteiger partial charge in [-0.05, 0) is 70.5 Å². The second-order valence-corrected chi connectivity index (χ2v) is 15.6. The number of nitrogens with one attached hydrogen (secondary N) is 3. The fraction of sp³-hybridized carbons (Fsp3) is 0.269. The van der Waals surface area contributed by atoms with Gasteiger partial charge in [-0.2, -0.15) is 4.98 Å². The Bertz CT molecular complexity index is 1400. The lowest BCUT2D eigenvalue weighted by Gasteiger charge is -2.29. The normalized spacial score (nSPS) is 12.4. The summed E-state index contributed by atoms with van der Waals surface area (Å²) in [6.45, 7) is 10.7. The maximum absolute atomic E-state index is 13.3. The average molecular weight is 618 g/mol. The number of thiol groups is 1. The minimum Gasteiger partial charge on any atom is -0.340 e. The first-order valence-corrected chi connectivity index (χ1v) is 16.1. The molecule has 2 aromatic carbocycles. The van der Waals surface area contributed by atoms with Crippen LogP contribution in [-0.2, 0) is 13.8 Å². The quantitative estimate of drug-likeness (QED) is 0.113. The molecule has 2 aromatic heterocycles. The number of halogens is 1. The zero-order valence-electron chi connectivity index (χ0n) is 21.1. The summed E-state index contributed by atoms with van der Waals surface area (Å²) in [5.41, 5.74) is 3.54. The molecule has 0 radical (unpaired) electrons. The topological polar surface area (TPSA) is 96.8 Å². The standard InChI is InChI=1S/C26H32IN7OS/c1-18-16-29-25(31-21-11-9-20(10-12-21)17-34-14-13-28-19(34)2)32-24(18)30-22-7-6-8-23(15-22)36(27,35)33-26(3,4)5/h6-16,36H,17H2,1-5H3,(H,33,35)(H2,29,30,31,32). The molecule has 0 aliphatic heterocycles. The molecule has 190 valence electrons. The van der Waals surface area contributed by atoms with Gasteiger partial charge in [0.15, 0.2) is 0 Å². The summed E-state index contributed by atoms with van der Waals surface area (Å²) in [5.74, 6) is 2.16. The van der Waals surface area contributed by atoms with Gasteiger partial charge in [0, 0.05) is 81.0 Å². The van der Waals surface area contributed by atoms with Crippen LogP contribution in [0.25, 0.3) is 0 Å². The summed E-state index contributed by atoms with van der Waals surface area (Å²) in [5, 5.41) is 6.64. The number of hydrogen-bond donors (Lipinski definition) is 4. The Labute approximate surface area is 225 Å². The Kier molecular flexibility index (Phi) is 7.76. The zero-order valence-corrected chi connectivity index (χ0v) is 24.1. The van der Waals surface area contributed by atoms with Gasteiger partial charge in [-0.15, -0.1) is 0 Å². The van der Waals surface area contributed by atoms with Crippen LogP contribution >= 0.6 is 21.2 Å². The molecule has 0 atom stereocenters. The average Bonchev–Trinajstić information content (AvgIpc) is 3.20. The van der Waals surface area contributed by atoms with Gasteiger partial charge in [-0.3, -0.25) is 4.21 Å². The molecule has 3 N–H and O–H groups in total. The van der Waals surface area contributed by atoms with Gasteiger partial charge in [0.1, 0.15) is 11.6 Å². The smallest absolute Gasteiger partial charge is 0.229 e. The first-order chi connectivity index (χ1) is 17.0. The molecule has 0 aliphatic carbocycles. The highest BCUT2D eigenvalue weighted by atomic mass is 127. The van der Waals surface area contributed by atoms with Crippen molar-refractivity contribution in [3.63, 3.8) is 0 Å². The van der Waals surface area contributed by atoms with Gasteiger partial charge in [-0.25, -0.2) is 14.7 Å². The molecular weight excluding hydrogens is 585 g/mol. The van der Waals surface area contributed by atoms with Gasteiger partial charge >= 0.3 is 0 Å². The minimum atomic E-state index is -2.76. The molecule has 0 spiro atoms. The Balaban J connectivity index is 1.47. The molecule has 0 amide bonds. The molecule has 4 rings (SSSR count). The van der Waals surface area contributed by atoms with Gasteiger partial charge in [0.25, 0.3) is 0 Å². The number of nitrogens with zero attached hydrogens (tertiary/aromatic N) is 4. The fourth-order valence-corrected chi connectivity index (χ4v) is 8.26. The molecule has 0 saturated carbocycles. The van der Waals surface area contributed by atoms with E-state index in [9.17, 15) is 4.21 Å². The minimum absolute atomic E-state index is 0.263. The third-order valence-corrected chi connectivity index (χ3v) is 9.67. The maximum atomic E-state index is 13.3. The van der Waals surface area contributed by atoms with Crippen LogP contribution in [0, 0.1) is 13.8 Å². The fourth-order valence-electron chi connectivity index (χ4n) is 3.61. The van der Waals surface area contributed by atoms with Crippen molar-refractivity contribution >= 4 is 51.6 Å². The van der Waals surface area contributed by atoms with Crippen molar-refractivity contribution in [1.82, 2.24) is 24.2 Å². The lowest BCUT2D eigenvalue weighted by Crippen LogP contribution is -2.41. The van der Waals surface area contributed by atoms with Crippen molar-refractivity contribution in [2.45, 2.75) is 51.6 Å². The van der Waals surface area contributed by atoms with Crippen molar-refractivity contribution in [3.8, 4) is 0 Å². The maximum Gasteiger partial charge on any atom is 0.229 e. The predicted molar refractivity (Wildman–Crippen MR) is 157 cm³/mol. The third kappa shape index (κ3) is 6.89. The molecule has 0 fully saturated rings. The molecule has 0 bridgehead atoms. The molecule has 2 heterocycles. The van der Waals surface area contributed by atoms with E-state index in [1.54, 1.807) is 6.20 Å². The van der Waals surface area contributed by atoms with E-state index in [1.165, 1.54) is 5.56 Å². The van der Waals surface area contributed by atoms with Gasteiger partial charge < -0.3 is 15.2 Å². The molecule has 10 heteroatoms. The monoisotopic (exact) mass is 617 g/mol. The number of hydrogen-bond acceptors (Lipinski definition) is 6. The summed E-state index contributed by atoms with van der Waals surface area (Å²) in [6, 6.07) is 15.8. The summed E-state index contributed by atoms with van der Waals surface area (Å²) in [6.07, 6.45) is 5.57. The van der Waals surface area contributed by atoms with E-state index in [2.05, 4.69) is 47.0 Å². The van der Waals surface area contributed by atoms with Gasteiger partial charge in [-0.1, -0.05) is 18.2 Å². The van der Waals surface area contributed by atoms with E-state index >= 15 is 0 Å². The van der Waals surface area contributed by atoms with Crippen LogP contribution in [0.5, 0.6) is 0 Å². The number of aryl methyl sites for hydroxylation is 2. The number of rotatable bonds is 8. The molecule has 0 unspecified atom stereocenters. The number of anilines is 4. The highest BCUT2D eigenvalue weighted by molar-refractivity contribution is 14.2. The number of imidazole rings is 1. The third-order valence-electron chi connectivity index (χ3n) is 5.38. The summed E-state index contributed by atoms with van der Waals surface area (Å²) in [7, 11) is -2.76. The summed E-state index contributed by atoms with van der Waals surface area (Å²) in [4.78, 5) is 14.1. The van der Waals surface area contributed by atoms with Crippen molar-refractivity contribution < 1.29 is 4.21 Å². The zero-order chi connectivity index (χ0) is 25.9. The lowest BCUT2D eigenvalue weighted by atomic mass is 10.1. The van der Waals surface area contributed by atoms with Crippen LogP contribution in [0.3, 0.4) is 0 Å². The number of benzene rings is 2. The molecule has 4 aromatic rings. The second-order valence-electron chi connectivity index (χ2n) is 9.72. The Morgan fingerprint density at radius 1 is 1.00 bits per heavy atom. The van der Waals surface area contributed by atoms with Crippen molar-refractivity contribution in [3.05, 3.63) is 84.1 Å². The SMILES string of the molecule is Cc1cnc(Nc2ccc(Cn3ccnc3C)cc2)nc1Nc1cccc([SH](=O)(I)NC(C)(C)C)c1. The Morgan fingerprint density at radius 2 is 1.75 bits per heavy atom. The van der Waals surface area contributed by atoms with E-state index in [1.807, 2.05) is 105 Å². The largest absolute Gasteiger partial charge is 0.340 e. The van der Waals surface area contributed by atoms with Crippen LogP contribution in [0.1, 0.15) is 37.7 Å². The van der Waals surface area contributed by atoms with E-state index in [0.717, 1.165) is 34.2 Å². The Hall–Kier alpha value is -2.83. The van der Waals surface area contributed by atoms with E-state index in [-0.39, 0.29) is 5.54 Å². The predicted octanol–water partition coefficient (Wildman–Crippen LogP) is 5.85. The first kappa shape index (κ1) is 26.2. The molecule has 0 aliphatic rings.